The summed E-state index contributed by atoms with van der Waals surface area (Å²) >= 11 is 0. The number of ether oxygens (including phenoxy) is 2. The first-order chi connectivity index (χ1) is 13.8. The molecule has 0 aliphatic heterocycles. The first kappa shape index (κ1) is 21.8. The smallest absolute Gasteiger partial charge is 0.387 e. The summed E-state index contributed by atoms with van der Waals surface area (Å²) in [6.45, 7) is -0.141. The molecule has 7 nitrogen and oxygen atoms in total. The van der Waals surface area contributed by atoms with Crippen molar-refractivity contribution in [2.24, 2.45) is 0 Å². The predicted molar refractivity (Wildman–Crippen MR) is 101 cm³/mol. The van der Waals surface area contributed by atoms with Crippen LogP contribution < -0.4 is 15.4 Å². The second-order valence-electron chi connectivity index (χ2n) is 6.07. The van der Waals surface area contributed by atoms with Crippen LogP contribution in [0.2, 0.25) is 0 Å². The van der Waals surface area contributed by atoms with Gasteiger partial charge in [-0.25, -0.2) is 4.79 Å². The van der Waals surface area contributed by atoms with Crippen molar-refractivity contribution < 1.29 is 32.6 Å². The molecule has 2 rings (SSSR count). The van der Waals surface area contributed by atoms with Gasteiger partial charge in [0.15, 0.2) is 6.61 Å². The number of carbonyl (C=O) groups is 3. The van der Waals surface area contributed by atoms with Crippen LogP contribution in [0.15, 0.2) is 42.5 Å². The minimum Gasteiger partial charge on any atom is -0.452 e. The lowest BCUT2D eigenvalue weighted by Gasteiger charge is -2.12. The molecule has 2 N–H and O–H groups in total. The van der Waals surface area contributed by atoms with Crippen LogP contribution in [0.5, 0.6) is 5.75 Å². The molecule has 0 fully saturated rings. The van der Waals surface area contributed by atoms with Gasteiger partial charge in [0.2, 0.25) is 5.91 Å². The summed E-state index contributed by atoms with van der Waals surface area (Å²) in [6.07, 6.45) is 0. The van der Waals surface area contributed by atoms with E-state index in [-0.39, 0.29) is 17.9 Å². The van der Waals surface area contributed by atoms with Gasteiger partial charge in [-0.05, 0) is 49.2 Å². The Morgan fingerprint density at radius 2 is 1.59 bits per heavy atom. The van der Waals surface area contributed by atoms with E-state index in [1.165, 1.54) is 24.3 Å². The van der Waals surface area contributed by atoms with E-state index in [4.69, 9.17) is 4.74 Å². The van der Waals surface area contributed by atoms with Gasteiger partial charge in [-0.3, -0.25) is 9.59 Å². The number of aryl methyl sites for hydroxylation is 2. The van der Waals surface area contributed by atoms with Crippen molar-refractivity contribution in [2.45, 2.75) is 20.5 Å². The standard InChI is InChI=1S/C20H20F2N2O5/c1-12-4-3-5-13(2)18(12)24-16(25)10-23-17(26)11-28-19(27)14-6-8-15(9-7-14)29-20(21)22/h3-9,20H,10-11H2,1-2H3,(H,23,26)(H,24,25). The number of amides is 2. The Kier molecular flexibility index (Phi) is 7.64. The molecule has 2 amide bonds. The fourth-order valence-corrected chi connectivity index (χ4v) is 2.41. The first-order valence-corrected chi connectivity index (χ1v) is 8.61. The van der Waals surface area contributed by atoms with E-state index >= 15 is 0 Å². The Hall–Kier alpha value is -3.49. The third kappa shape index (κ3) is 6.87. The normalized spacial score (nSPS) is 10.4. The molecule has 0 aromatic heterocycles. The Bertz CT molecular complexity index is 865. The highest BCUT2D eigenvalue weighted by atomic mass is 19.3. The number of rotatable bonds is 8. The molecule has 154 valence electrons. The molecule has 0 heterocycles. The summed E-state index contributed by atoms with van der Waals surface area (Å²) in [5.41, 5.74) is 2.52. The molecule has 0 spiro atoms. The Balaban J connectivity index is 1.76. The van der Waals surface area contributed by atoms with Gasteiger partial charge in [0, 0.05) is 5.69 Å². The highest BCUT2D eigenvalue weighted by molar-refractivity contribution is 5.96. The lowest BCUT2D eigenvalue weighted by molar-refractivity contribution is -0.126. The van der Waals surface area contributed by atoms with Crippen LogP contribution in [-0.2, 0) is 14.3 Å². The van der Waals surface area contributed by atoms with Crippen molar-refractivity contribution in [3.63, 3.8) is 0 Å². The fraction of sp³-hybridized carbons (Fsp3) is 0.250. The summed E-state index contributed by atoms with van der Waals surface area (Å²) in [4.78, 5) is 35.6. The number of halogens is 2. The van der Waals surface area contributed by atoms with Gasteiger partial charge < -0.3 is 20.1 Å². The van der Waals surface area contributed by atoms with Gasteiger partial charge in [0.25, 0.3) is 5.91 Å². The molecule has 0 radical (unpaired) electrons. The second kappa shape index (κ2) is 10.2. The molecule has 29 heavy (non-hydrogen) atoms. The van der Waals surface area contributed by atoms with Gasteiger partial charge in [-0.15, -0.1) is 0 Å². The van der Waals surface area contributed by atoms with Crippen molar-refractivity contribution >= 4 is 23.5 Å². The number of benzene rings is 2. The monoisotopic (exact) mass is 406 g/mol. The van der Waals surface area contributed by atoms with Crippen molar-refractivity contribution in [1.29, 1.82) is 0 Å². The quantitative estimate of drug-likeness (QED) is 0.658. The maximum Gasteiger partial charge on any atom is 0.387 e. The zero-order chi connectivity index (χ0) is 21.4. The average molecular weight is 406 g/mol. The van der Waals surface area contributed by atoms with Crippen LogP contribution in [0, 0.1) is 13.8 Å². The van der Waals surface area contributed by atoms with E-state index in [1.807, 2.05) is 32.0 Å². The molecule has 0 saturated heterocycles. The van der Waals surface area contributed by atoms with Crippen molar-refractivity contribution in [1.82, 2.24) is 5.32 Å². The Morgan fingerprint density at radius 3 is 2.17 bits per heavy atom. The van der Waals surface area contributed by atoms with Gasteiger partial charge in [-0.2, -0.15) is 8.78 Å². The van der Waals surface area contributed by atoms with Gasteiger partial charge >= 0.3 is 12.6 Å². The molecule has 0 unspecified atom stereocenters. The highest BCUT2D eigenvalue weighted by Gasteiger charge is 2.13. The van der Waals surface area contributed by atoms with Crippen molar-refractivity contribution in [2.75, 3.05) is 18.5 Å². The number of nitrogens with one attached hydrogen (secondary N) is 2. The molecule has 2 aromatic carbocycles. The molecule has 0 aliphatic rings. The zero-order valence-corrected chi connectivity index (χ0v) is 15.8. The average Bonchev–Trinajstić information content (AvgIpc) is 2.67. The maximum absolute atomic E-state index is 12.1. The number of anilines is 1. The van der Waals surface area contributed by atoms with Crippen LogP contribution >= 0.6 is 0 Å². The molecule has 0 atom stereocenters. The number of carbonyl (C=O) groups excluding carboxylic acids is 3. The zero-order valence-electron chi connectivity index (χ0n) is 15.8. The molecule has 2 aromatic rings. The minimum absolute atomic E-state index is 0.0622. The van der Waals surface area contributed by atoms with Gasteiger partial charge in [0.1, 0.15) is 5.75 Å². The van der Waals surface area contributed by atoms with Gasteiger partial charge in [0.05, 0.1) is 12.1 Å². The number of hydrogen-bond acceptors (Lipinski definition) is 5. The Morgan fingerprint density at radius 1 is 0.966 bits per heavy atom. The summed E-state index contributed by atoms with van der Waals surface area (Å²) in [5, 5.41) is 5.06. The molecular formula is C20H20F2N2O5. The van der Waals surface area contributed by atoms with E-state index < -0.39 is 31.0 Å². The summed E-state index contributed by atoms with van der Waals surface area (Å²) in [7, 11) is 0. The number of alkyl halides is 2. The fourth-order valence-electron chi connectivity index (χ4n) is 2.41. The van der Waals surface area contributed by atoms with E-state index in [0.29, 0.717) is 5.69 Å². The number of para-hydroxylation sites is 1. The van der Waals surface area contributed by atoms with Crippen LogP contribution in [0.3, 0.4) is 0 Å². The molecule has 0 aliphatic carbocycles. The first-order valence-electron chi connectivity index (χ1n) is 8.61. The lowest BCUT2D eigenvalue weighted by Crippen LogP contribution is -2.35. The summed E-state index contributed by atoms with van der Waals surface area (Å²) < 4.78 is 33.2. The molecular weight excluding hydrogens is 386 g/mol. The lowest BCUT2D eigenvalue weighted by atomic mass is 10.1. The van der Waals surface area contributed by atoms with E-state index in [0.717, 1.165) is 11.1 Å². The molecule has 9 heteroatoms. The Labute approximate surface area is 166 Å². The SMILES string of the molecule is Cc1cccc(C)c1NC(=O)CNC(=O)COC(=O)c1ccc(OC(F)F)cc1. The van der Waals surface area contributed by atoms with Gasteiger partial charge in [-0.1, -0.05) is 18.2 Å². The maximum atomic E-state index is 12.1. The van der Waals surface area contributed by atoms with E-state index in [1.54, 1.807) is 0 Å². The van der Waals surface area contributed by atoms with Crippen molar-refractivity contribution in [3.05, 3.63) is 59.2 Å². The highest BCUT2D eigenvalue weighted by Crippen LogP contribution is 2.19. The summed E-state index contributed by atoms with van der Waals surface area (Å²) in [5.74, 6) is -2.00. The van der Waals surface area contributed by atoms with E-state index in [2.05, 4.69) is 15.4 Å². The van der Waals surface area contributed by atoms with Crippen LogP contribution in [-0.4, -0.2) is 37.5 Å². The third-order valence-electron chi connectivity index (χ3n) is 3.84. The molecule has 0 saturated carbocycles. The van der Waals surface area contributed by atoms with Crippen molar-refractivity contribution in [3.8, 4) is 5.75 Å². The topological polar surface area (TPSA) is 93.7 Å². The second-order valence-corrected chi connectivity index (χ2v) is 6.07. The van der Waals surface area contributed by atoms with E-state index in [9.17, 15) is 23.2 Å². The van der Waals surface area contributed by atoms with Crippen LogP contribution in [0.4, 0.5) is 14.5 Å². The van der Waals surface area contributed by atoms with Crippen LogP contribution in [0.1, 0.15) is 21.5 Å². The summed E-state index contributed by atoms with van der Waals surface area (Å²) in [6, 6.07) is 10.4. The largest absolute Gasteiger partial charge is 0.452 e. The molecule has 0 bridgehead atoms. The third-order valence-corrected chi connectivity index (χ3v) is 3.84. The number of hydrogen-bond donors (Lipinski definition) is 2. The van der Waals surface area contributed by atoms with Crippen LogP contribution in [0.25, 0.3) is 0 Å². The predicted octanol–water partition coefficient (Wildman–Crippen LogP) is 2.82. The number of esters is 1. The minimum atomic E-state index is -2.97.